The van der Waals surface area contributed by atoms with Gasteiger partial charge in [0.15, 0.2) is 0 Å². The number of benzene rings is 1. The maximum absolute atomic E-state index is 14.4. The van der Waals surface area contributed by atoms with Crippen LogP contribution in [0.15, 0.2) is 48.7 Å². The van der Waals surface area contributed by atoms with E-state index in [4.69, 9.17) is 4.98 Å². The van der Waals surface area contributed by atoms with Crippen molar-refractivity contribution in [2.45, 2.75) is 81.6 Å². The van der Waals surface area contributed by atoms with Gasteiger partial charge in [-0.15, -0.1) is 0 Å². The summed E-state index contributed by atoms with van der Waals surface area (Å²) in [5, 5.41) is 3.65. The van der Waals surface area contributed by atoms with E-state index in [-0.39, 0.29) is 11.3 Å². The molecular formula is C30H39N3O. The Morgan fingerprint density at radius 2 is 1.85 bits per heavy atom. The van der Waals surface area contributed by atoms with Crippen LogP contribution >= 0.6 is 0 Å². The van der Waals surface area contributed by atoms with Crippen LogP contribution in [0.5, 0.6) is 0 Å². The van der Waals surface area contributed by atoms with E-state index in [0.29, 0.717) is 23.8 Å². The number of carbonyl (C=O) groups excluding carboxylic acids is 1. The van der Waals surface area contributed by atoms with Crippen LogP contribution in [0.2, 0.25) is 0 Å². The van der Waals surface area contributed by atoms with Crippen molar-refractivity contribution in [2.24, 2.45) is 11.8 Å². The highest BCUT2D eigenvalue weighted by molar-refractivity contribution is 5.82. The topological polar surface area (TPSA) is 45.2 Å². The van der Waals surface area contributed by atoms with Gasteiger partial charge in [0.1, 0.15) is 0 Å². The Kier molecular flexibility index (Phi) is 6.19. The van der Waals surface area contributed by atoms with Crippen LogP contribution in [-0.4, -0.2) is 41.5 Å². The summed E-state index contributed by atoms with van der Waals surface area (Å²) in [5.41, 5.74) is 3.95. The van der Waals surface area contributed by atoms with Gasteiger partial charge in [-0.1, -0.05) is 55.7 Å². The molecule has 4 nitrogen and oxygen atoms in total. The lowest BCUT2D eigenvalue weighted by atomic mass is 9.64. The van der Waals surface area contributed by atoms with Crippen LogP contribution in [0.1, 0.15) is 80.5 Å². The zero-order chi connectivity index (χ0) is 23.0. The molecule has 180 valence electrons. The molecule has 4 atom stereocenters. The Hall–Kier alpha value is -2.20. The summed E-state index contributed by atoms with van der Waals surface area (Å²) in [5.74, 6) is 1.70. The van der Waals surface area contributed by atoms with Gasteiger partial charge in [0.2, 0.25) is 5.91 Å². The fourth-order valence-corrected chi connectivity index (χ4v) is 7.89. The third-order valence-electron chi connectivity index (χ3n) is 9.61. The number of pyridine rings is 1. The second kappa shape index (κ2) is 9.45. The predicted octanol–water partition coefficient (Wildman–Crippen LogP) is 5.23. The first kappa shape index (κ1) is 22.3. The third-order valence-corrected chi connectivity index (χ3v) is 9.61. The number of hydrogen-bond acceptors (Lipinski definition) is 3. The van der Waals surface area contributed by atoms with Gasteiger partial charge >= 0.3 is 0 Å². The normalized spacial score (nSPS) is 32.0. The molecule has 1 spiro atoms. The predicted molar refractivity (Wildman–Crippen MR) is 136 cm³/mol. The minimum absolute atomic E-state index is 0.0371. The van der Waals surface area contributed by atoms with E-state index in [2.05, 4.69) is 52.7 Å². The molecular weight excluding hydrogens is 418 g/mol. The van der Waals surface area contributed by atoms with E-state index in [1.54, 1.807) is 0 Å². The molecule has 2 saturated heterocycles. The molecule has 3 fully saturated rings. The van der Waals surface area contributed by atoms with E-state index < -0.39 is 0 Å². The summed E-state index contributed by atoms with van der Waals surface area (Å²) < 4.78 is 0. The van der Waals surface area contributed by atoms with Crippen molar-refractivity contribution in [1.29, 1.82) is 0 Å². The zero-order valence-corrected chi connectivity index (χ0v) is 20.4. The number of amides is 1. The first-order valence-electron chi connectivity index (χ1n) is 13.8. The van der Waals surface area contributed by atoms with Crippen LogP contribution < -0.4 is 5.32 Å². The lowest BCUT2D eigenvalue weighted by Crippen LogP contribution is -2.55. The summed E-state index contributed by atoms with van der Waals surface area (Å²) >= 11 is 0. The first-order chi connectivity index (χ1) is 16.8. The molecule has 34 heavy (non-hydrogen) atoms. The number of fused-ring (bicyclic) bond motifs is 2. The van der Waals surface area contributed by atoms with Crippen molar-refractivity contribution in [2.75, 3.05) is 19.6 Å². The van der Waals surface area contributed by atoms with E-state index >= 15 is 0 Å². The summed E-state index contributed by atoms with van der Waals surface area (Å²) in [6, 6.07) is 15.8. The average molecular weight is 458 g/mol. The van der Waals surface area contributed by atoms with E-state index in [0.717, 1.165) is 51.7 Å². The highest BCUT2D eigenvalue weighted by Crippen LogP contribution is 2.47. The number of carbonyl (C=O) groups is 1. The van der Waals surface area contributed by atoms with Gasteiger partial charge < -0.3 is 10.2 Å². The monoisotopic (exact) mass is 457 g/mol. The Morgan fingerprint density at radius 1 is 1.00 bits per heavy atom. The Balaban J connectivity index is 1.30. The molecule has 1 amide bonds. The second-order valence-corrected chi connectivity index (χ2v) is 11.3. The van der Waals surface area contributed by atoms with Crippen molar-refractivity contribution in [3.05, 3.63) is 65.5 Å². The number of aromatic nitrogens is 1. The van der Waals surface area contributed by atoms with Crippen LogP contribution in [0.25, 0.3) is 0 Å². The largest absolute Gasteiger partial charge is 0.339 e. The lowest BCUT2D eigenvalue weighted by molar-refractivity contribution is -0.143. The van der Waals surface area contributed by atoms with E-state index in [1.165, 1.54) is 48.9 Å². The fraction of sp³-hybridized carbons (Fsp3) is 0.600. The number of aryl methyl sites for hydroxylation is 1. The Bertz CT molecular complexity index is 1000. The van der Waals surface area contributed by atoms with Crippen molar-refractivity contribution < 1.29 is 4.79 Å². The lowest BCUT2D eigenvalue weighted by Gasteiger charge is -2.48. The van der Waals surface area contributed by atoms with Gasteiger partial charge in [0.05, 0.1) is 5.92 Å². The van der Waals surface area contributed by atoms with Crippen LogP contribution in [0.4, 0.5) is 0 Å². The van der Waals surface area contributed by atoms with E-state index in [9.17, 15) is 4.79 Å². The number of hydrogen-bond donors (Lipinski definition) is 1. The molecule has 2 aliphatic heterocycles. The number of rotatable bonds is 3. The highest BCUT2D eigenvalue weighted by atomic mass is 16.2. The van der Waals surface area contributed by atoms with Gasteiger partial charge in [0, 0.05) is 43.0 Å². The number of nitrogens with one attached hydrogen (secondary N) is 1. The van der Waals surface area contributed by atoms with Gasteiger partial charge in [-0.05, 0) is 74.0 Å². The van der Waals surface area contributed by atoms with Gasteiger partial charge in [-0.2, -0.15) is 0 Å². The van der Waals surface area contributed by atoms with Crippen LogP contribution in [-0.2, 0) is 16.6 Å². The highest BCUT2D eigenvalue weighted by Gasteiger charge is 2.52. The molecule has 2 aromatic rings. The first-order valence-corrected chi connectivity index (χ1v) is 13.8. The number of nitrogens with zero attached hydrogens (tertiary/aromatic N) is 2. The summed E-state index contributed by atoms with van der Waals surface area (Å²) in [7, 11) is 0. The molecule has 1 aromatic carbocycles. The van der Waals surface area contributed by atoms with Crippen molar-refractivity contribution in [3.63, 3.8) is 0 Å². The van der Waals surface area contributed by atoms with Crippen LogP contribution in [0.3, 0.4) is 0 Å². The van der Waals surface area contributed by atoms with Gasteiger partial charge in [-0.3, -0.25) is 9.78 Å². The average Bonchev–Trinajstić information content (AvgIpc) is 3.33. The van der Waals surface area contributed by atoms with Gasteiger partial charge in [-0.25, -0.2) is 0 Å². The Morgan fingerprint density at radius 3 is 2.71 bits per heavy atom. The summed E-state index contributed by atoms with van der Waals surface area (Å²) in [6.07, 6.45) is 14.0. The zero-order valence-electron chi connectivity index (χ0n) is 20.4. The number of piperidine rings is 1. The SMILES string of the molecule is O=C([C@@H]1CNC[C@]12CCCc1ncccc12)N1CC[C@@H](c2ccccc2)C[C@H]1C1CCCCC1. The second-order valence-electron chi connectivity index (χ2n) is 11.3. The standard InChI is InChI=1S/C30H39N3O/c34-29(26-20-31-21-30(26)16-7-14-27-25(30)13-8-17-32-27)33-18-15-24(22-9-3-1-4-10-22)19-28(33)23-11-5-2-6-12-23/h1,3-4,8-10,13,17,23-24,26,28,31H,2,5-7,11-12,14-16,18-21H2/t24-,26+,28+,30+/m1/s1. The molecule has 1 aromatic heterocycles. The molecule has 0 unspecified atom stereocenters. The maximum Gasteiger partial charge on any atom is 0.228 e. The molecule has 3 heterocycles. The van der Waals surface area contributed by atoms with Crippen molar-refractivity contribution in [1.82, 2.24) is 15.2 Å². The molecule has 1 N–H and O–H groups in total. The molecule has 1 saturated carbocycles. The summed E-state index contributed by atoms with van der Waals surface area (Å²) in [4.78, 5) is 21.5. The Labute approximate surface area is 204 Å². The molecule has 2 aliphatic carbocycles. The molecule has 6 rings (SSSR count). The van der Waals surface area contributed by atoms with E-state index in [1.807, 2.05) is 6.20 Å². The fourth-order valence-electron chi connectivity index (χ4n) is 7.89. The van der Waals surface area contributed by atoms with Crippen LogP contribution in [0, 0.1) is 11.8 Å². The minimum Gasteiger partial charge on any atom is -0.339 e. The quantitative estimate of drug-likeness (QED) is 0.686. The van der Waals surface area contributed by atoms with Crippen molar-refractivity contribution >= 4 is 5.91 Å². The smallest absolute Gasteiger partial charge is 0.228 e. The van der Waals surface area contributed by atoms with Gasteiger partial charge in [0.25, 0.3) is 0 Å². The summed E-state index contributed by atoms with van der Waals surface area (Å²) in [6.45, 7) is 2.63. The minimum atomic E-state index is -0.0771. The molecule has 4 aliphatic rings. The number of likely N-dealkylation sites (tertiary alicyclic amines) is 1. The molecule has 0 radical (unpaired) electrons. The molecule has 4 heteroatoms. The third kappa shape index (κ3) is 3.88. The van der Waals surface area contributed by atoms with Crippen molar-refractivity contribution in [3.8, 4) is 0 Å². The maximum atomic E-state index is 14.4. The molecule has 0 bridgehead atoms.